The number of anilines is 3. The van der Waals surface area contributed by atoms with E-state index in [-0.39, 0.29) is 0 Å². The van der Waals surface area contributed by atoms with Gasteiger partial charge in [-0.15, -0.1) is 0 Å². The summed E-state index contributed by atoms with van der Waals surface area (Å²) in [6.45, 7) is 2.13. The average Bonchev–Trinajstić information content (AvgIpc) is 3.00. The molecule has 0 amide bonds. The van der Waals surface area contributed by atoms with Crippen molar-refractivity contribution in [3.63, 3.8) is 0 Å². The zero-order valence-electron chi connectivity index (χ0n) is 21.5. The molecule has 0 spiro atoms. The van der Waals surface area contributed by atoms with Gasteiger partial charge in [0.05, 0.1) is 0 Å². The Balaban J connectivity index is 1.39. The molecule has 0 atom stereocenters. The van der Waals surface area contributed by atoms with E-state index in [0.29, 0.717) is 0 Å². The van der Waals surface area contributed by atoms with Gasteiger partial charge in [-0.1, -0.05) is 127 Å². The average molecular weight is 488 g/mol. The standard InChI is InChI=1S/C37H29N/c1-28-16-22-33(23-17-28)38(34-24-18-30(19-25-34)29-10-4-2-5-11-29)35-26-20-32(21-27-35)37-15-9-8-14-36(37)31-12-6-3-7-13-31/h2-27H,1H3. The molecule has 1 nitrogen and oxygen atoms in total. The second-order valence-electron chi connectivity index (χ2n) is 9.54. The van der Waals surface area contributed by atoms with Crippen molar-refractivity contribution in [1.29, 1.82) is 0 Å². The largest absolute Gasteiger partial charge is 0.311 e. The SMILES string of the molecule is Cc1ccc(N(c2ccc(-c3ccccc3)cc2)c2ccc(-c3ccccc3-c3ccccc3)cc2)cc1. The van der Waals surface area contributed by atoms with E-state index in [0.717, 1.165) is 17.1 Å². The van der Waals surface area contributed by atoms with E-state index in [1.54, 1.807) is 0 Å². The van der Waals surface area contributed by atoms with Crippen molar-refractivity contribution >= 4 is 17.1 Å². The molecule has 0 aromatic heterocycles. The van der Waals surface area contributed by atoms with Gasteiger partial charge in [0, 0.05) is 17.1 Å². The molecule has 0 bridgehead atoms. The fourth-order valence-electron chi connectivity index (χ4n) is 4.97. The van der Waals surface area contributed by atoms with Gasteiger partial charge in [0.2, 0.25) is 0 Å². The molecule has 0 radical (unpaired) electrons. The zero-order chi connectivity index (χ0) is 25.7. The number of benzene rings is 6. The van der Waals surface area contributed by atoms with Gasteiger partial charge in [0.25, 0.3) is 0 Å². The lowest BCUT2D eigenvalue weighted by Gasteiger charge is -2.26. The normalized spacial score (nSPS) is 10.8. The lowest BCUT2D eigenvalue weighted by Crippen LogP contribution is -2.09. The predicted octanol–water partition coefficient (Wildman–Crippen LogP) is 10.5. The molecule has 0 aliphatic rings. The number of aryl methyl sites for hydroxylation is 1. The van der Waals surface area contributed by atoms with Crippen molar-refractivity contribution in [2.75, 3.05) is 4.90 Å². The summed E-state index contributed by atoms with van der Waals surface area (Å²) >= 11 is 0. The third-order valence-electron chi connectivity index (χ3n) is 6.97. The van der Waals surface area contributed by atoms with Crippen LogP contribution in [0.15, 0.2) is 158 Å². The van der Waals surface area contributed by atoms with Gasteiger partial charge in [-0.25, -0.2) is 0 Å². The smallest absolute Gasteiger partial charge is 0.0462 e. The van der Waals surface area contributed by atoms with E-state index in [9.17, 15) is 0 Å². The summed E-state index contributed by atoms with van der Waals surface area (Å²) in [5.74, 6) is 0. The lowest BCUT2D eigenvalue weighted by molar-refractivity contribution is 1.27. The molecule has 182 valence electrons. The fourth-order valence-corrected chi connectivity index (χ4v) is 4.97. The first-order valence-corrected chi connectivity index (χ1v) is 13.0. The van der Waals surface area contributed by atoms with Crippen LogP contribution in [-0.2, 0) is 0 Å². The summed E-state index contributed by atoms with van der Waals surface area (Å²) in [6.07, 6.45) is 0. The third kappa shape index (κ3) is 4.87. The van der Waals surface area contributed by atoms with Gasteiger partial charge < -0.3 is 4.90 Å². The van der Waals surface area contributed by atoms with Crippen LogP contribution in [0.1, 0.15) is 5.56 Å². The molecule has 1 heteroatoms. The second kappa shape index (κ2) is 10.6. The molecule has 0 aliphatic carbocycles. The van der Waals surface area contributed by atoms with E-state index in [1.807, 2.05) is 0 Å². The molecule has 0 heterocycles. The van der Waals surface area contributed by atoms with Crippen LogP contribution >= 0.6 is 0 Å². The van der Waals surface area contributed by atoms with E-state index in [4.69, 9.17) is 0 Å². The summed E-state index contributed by atoms with van der Waals surface area (Å²) in [6, 6.07) is 56.2. The van der Waals surface area contributed by atoms with Crippen LogP contribution in [0.3, 0.4) is 0 Å². The maximum absolute atomic E-state index is 2.32. The topological polar surface area (TPSA) is 3.24 Å². The van der Waals surface area contributed by atoms with Gasteiger partial charge in [0.1, 0.15) is 0 Å². The molecule has 6 rings (SSSR count). The summed E-state index contributed by atoms with van der Waals surface area (Å²) in [4.78, 5) is 2.32. The molecule has 0 unspecified atom stereocenters. The Morgan fingerprint density at radius 2 is 0.658 bits per heavy atom. The number of hydrogen-bond donors (Lipinski definition) is 0. The summed E-state index contributed by atoms with van der Waals surface area (Å²) in [5, 5.41) is 0. The Morgan fingerprint density at radius 1 is 0.316 bits per heavy atom. The van der Waals surface area contributed by atoms with Crippen molar-refractivity contribution in [2.45, 2.75) is 6.92 Å². The van der Waals surface area contributed by atoms with E-state index < -0.39 is 0 Å². The first-order chi connectivity index (χ1) is 18.8. The number of rotatable bonds is 6. The third-order valence-corrected chi connectivity index (χ3v) is 6.97. The summed E-state index contributed by atoms with van der Waals surface area (Å²) in [7, 11) is 0. The lowest BCUT2D eigenvalue weighted by atomic mass is 9.94. The molecular weight excluding hydrogens is 458 g/mol. The van der Waals surface area contributed by atoms with Crippen LogP contribution in [0, 0.1) is 6.92 Å². The van der Waals surface area contributed by atoms with E-state index in [2.05, 4.69) is 170 Å². The van der Waals surface area contributed by atoms with Crippen LogP contribution in [0.4, 0.5) is 17.1 Å². The van der Waals surface area contributed by atoms with Crippen LogP contribution in [0.2, 0.25) is 0 Å². The van der Waals surface area contributed by atoms with Gasteiger partial charge in [-0.2, -0.15) is 0 Å². The monoisotopic (exact) mass is 487 g/mol. The molecule has 0 saturated carbocycles. The Hall–Kier alpha value is -4.88. The number of hydrogen-bond acceptors (Lipinski definition) is 1. The predicted molar refractivity (Wildman–Crippen MR) is 162 cm³/mol. The summed E-state index contributed by atoms with van der Waals surface area (Å²) in [5.41, 5.74) is 12.0. The van der Waals surface area contributed by atoms with Crippen molar-refractivity contribution in [3.8, 4) is 33.4 Å². The van der Waals surface area contributed by atoms with Gasteiger partial charge in [-0.05, 0) is 76.7 Å². The summed E-state index contributed by atoms with van der Waals surface area (Å²) < 4.78 is 0. The van der Waals surface area contributed by atoms with Crippen molar-refractivity contribution < 1.29 is 0 Å². The highest BCUT2D eigenvalue weighted by molar-refractivity contribution is 5.85. The molecule has 38 heavy (non-hydrogen) atoms. The Bertz CT molecular complexity index is 1620. The Morgan fingerprint density at radius 3 is 1.16 bits per heavy atom. The highest BCUT2D eigenvalue weighted by atomic mass is 15.1. The van der Waals surface area contributed by atoms with Crippen molar-refractivity contribution in [1.82, 2.24) is 0 Å². The zero-order valence-corrected chi connectivity index (χ0v) is 21.5. The molecule has 0 N–H and O–H groups in total. The maximum atomic E-state index is 2.32. The minimum absolute atomic E-state index is 1.13. The minimum Gasteiger partial charge on any atom is -0.311 e. The number of nitrogens with zero attached hydrogens (tertiary/aromatic N) is 1. The van der Waals surface area contributed by atoms with Gasteiger partial charge in [0.15, 0.2) is 0 Å². The molecule has 0 fully saturated rings. The van der Waals surface area contributed by atoms with Crippen molar-refractivity contribution in [3.05, 3.63) is 163 Å². The highest BCUT2D eigenvalue weighted by Crippen LogP contribution is 2.38. The van der Waals surface area contributed by atoms with Crippen LogP contribution in [0.5, 0.6) is 0 Å². The van der Waals surface area contributed by atoms with Crippen molar-refractivity contribution in [2.24, 2.45) is 0 Å². The van der Waals surface area contributed by atoms with Crippen LogP contribution < -0.4 is 4.90 Å². The molecule has 0 saturated heterocycles. The molecule has 0 aliphatic heterocycles. The van der Waals surface area contributed by atoms with Crippen LogP contribution in [-0.4, -0.2) is 0 Å². The van der Waals surface area contributed by atoms with Gasteiger partial charge in [-0.3, -0.25) is 0 Å². The maximum Gasteiger partial charge on any atom is 0.0462 e. The highest BCUT2D eigenvalue weighted by Gasteiger charge is 2.14. The Kier molecular flexibility index (Phi) is 6.57. The van der Waals surface area contributed by atoms with E-state index >= 15 is 0 Å². The molecule has 6 aromatic carbocycles. The Labute approximate surface area is 225 Å². The molecular formula is C37H29N. The minimum atomic E-state index is 1.13. The molecule has 6 aromatic rings. The van der Waals surface area contributed by atoms with E-state index in [1.165, 1.54) is 38.9 Å². The van der Waals surface area contributed by atoms with Crippen LogP contribution in [0.25, 0.3) is 33.4 Å². The quantitative estimate of drug-likeness (QED) is 0.226. The fraction of sp³-hybridized carbons (Fsp3) is 0.0270. The first-order valence-electron chi connectivity index (χ1n) is 13.0. The second-order valence-corrected chi connectivity index (χ2v) is 9.54. The first kappa shape index (κ1) is 23.5. The van der Waals surface area contributed by atoms with Gasteiger partial charge >= 0.3 is 0 Å².